The number of methoxy groups -OCH3 is 1. The minimum absolute atomic E-state index is 0.0675. The molecule has 0 spiro atoms. The summed E-state index contributed by atoms with van der Waals surface area (Å²) in [7, 11) is 1.60. The number of thiazole rings is 1. The van der Waals surface area contributed by atoms with Gasteiger partial charge in [0.1, 0.15) is 6.61 Å². The van der Waals surface area contributed by atoms with Gasteiger partial charge in [-0.05, 0) is 43.5 Å². The zero-order valence-electron chi connectivity index (χ0n) is 17.5. The fourth-order valence-corrected chi connectivity index (χ4v) is 3.86. The second kappa shape index (κ2) is 10.9. The van der Waals surface area contributed by atoms with E-state index in [4.69, 9.17) is 14.2 Å². The van der Waals surface area contributed by atoms with Gasteiger partial charge in [0, 0.05) is 31.2 Å². The topological polar surface area (TPSA) is 60.9 Å². The van der Waals surface area contributed by atoms with Crippen LogP contribution in [0.5, 0.6) is 11.5 Å². The summed E-state index contributed by atoms with van der Waals surface area (Å²) in [5, 5.41) is 2.92. The van der Waals surface area contributed by atoms with E-state index in [1.807, 2.05) is 35.4 Å². The monoisotopic (exact) mass is 428 g/mol. The lowest BCUT2D eigenvalue weighted by Crippen LogP contribution is -2.35. The Morgan fingerprint density at radius 3 is 2.97 bits per heavy atom. The van der Waals surface area contributed by atoms with Crippen molar-refractivity contribution in [2.24, 2.45) is 0 Å². The minimum Gasteiger partial charge on any atom is -0.493 e. The van der Waals surface area contributed by atoms with E-state index in [1.54, 1.807) is 36.7 Å². The second-order valence-electron chi connectivity index (χ2n) is 7.06. The zero-order valence-corrected chi connectivity index (χ0v) is 18.3. The number of carbonyl (C=O) groups excluding carboxylic acids is 1. The summed E-state index contributed by atoms with van der Waals surface area (Å²) in [6.45, 7) is 7.78. The molecule has 0 aliphatic carbocycles. The first-order valence-electron chi connectivity index (χ1n) is 10.0. The SMILES string of the molecule is C=CCOc1ccc(CN(CC2CCCO2)C(=O)/C=C/c2csc(C)n2)cc1OC. The molecule has 7 heteroatoms. The van der Waals surface area contributed by atoms with E-state index >= 15 is 0 Å². The van der Waals surface area contributed by atoms with Crippen LogP contribution in [0, 0.1) is 6.92 Å². The maximum absolute atomic E-state index is 13.0. The molecule has 0 bridgehead atoms. The summed E-state index contributed by atoms with van der Waals surface area (Å²) in [6.07, 6.45) is 7.11. The van der Waals surface area contributed by atoms with Crippen molar-refractivity contribution in [3.05, 3.63) is 58.6 Å². The van der Waals surface area contributed by atoms with E-state index in [0.29, 0.717) is 31.2 Å². The van der Waals surface area contributed by atoms with Crippen molar-refractivity contribution in [1.82, 2.24) is 9.88 Å². The van der Waals surface area contributed by atoms with Crippen molar-refractivity contribution < 1.29 is 19.0 Å². The van der Waals surface area contributed by atoms with Gasteiger partial charge in [-0.2, -0.15) is 0 Å². The van der Waals surface area contributed by atoms with Gasteiger partial charge in [0.05, 0.1) is 23.9 Å². The summed E-state index contributed by atoms with van der Waals surface area (Å²) in [5.74, 6) is 1.21. The summed E-state index contributed by atoms with van der Waals surface area (Å²) < 4.78 is 16.8. The van der Waals surface area contributed by atoms with E-state index in [9.17, 15) is 4.79 Å². The lowest BCUT2D eigenvalue weighted by atomic mass is 10.1. The van der Waals surface area contributed by atoms with Crippen LogP contribution in [0.15, 0.2) is 42.3 Å². The number of hydrogen-bond acceptors (Lipinski definition) is 6. The van der Waals surface area contributed by atoms with Crippen molar-refractivity contribution in [1.29, 1.82) is 0 Å². The van der Waals surface area contributed by atoms with Gasteiger partial charge in [0.25, 0.3) is 0 Å². The van der Waals surface area contributed by atoms with Crippen LogP contribution in [0.4, 0.5) is 0 Å². The predicted molar refractivity (Wildman–Crippen MR) is 119 cm³/mol. The average Bonchev–Trinajstić information content (AvgIpc) is 3.42. The minimum atomic E-state index is -0.0675. The van der Waals surface area contributed by atoms with E-state index in [-0.39, 0.29) is 12.0 Å². The lowest BCUT2D eigenvalue weighted by molar-refractivity contribution is -0.128. The van der Waals surface area contributed by atoms with Gasteiger partial charge in [-0.1, -0.05) is 18.7 Å². The molecule has 1 saturated heterocycles. The van der Waals surface area contributed by atoms with Gasteiger partial charge in [-0.25, -0.2) is 4.98 Å². The average molecular weight is 429 g/mol. The number of amides is 1. The smallest absolute Gasteiger partial charge is 0.247 e. The molecule has 1 unspecified atom stereocenters. The Hall–Kier alpha value is -2.64. The number of aromatic nitrogens is 1. The maximum Gasteiger partial charge on any atom is 0.247 e. The number of aryl methyl sites for hydroxylation is 1. The summed E-state index contributed by atoms with van der Waals surface area (Å²) >= 11 is 1.57. The molecule has 0 saturated carbocycles. The van der Waals surface area contributed by atoms with Gasteiger partial charge in [0.15, 0.2) is 11.5 Å². The standard InChI is InChI=1S/C23H28N2O4S/c1-4-11-29-21-9-7-18(13-22(21)27-3)14-25(15-20-6-5-12-28-20)23(26)10-8-19-16-30-17(2)24-19/h4,7-10,13,16,20H,1,5-6,11-12,14-15H2,2-3H3/b10-8+. The number of hydrogen-bond donors (Lipinski definition) is 0. The van der Waals surface area contributed by atoms with E-state index in [2.05, 4.69) is 11.6 Å². The third kappa shape index (κ3) is 6.18. The van der Waals surface area contributed by atoms with Crippen LogP contribution >= 0.6 is 11.3 Å². The molecule has 0 N–H and O–H groups in total. The van der Waals surface area contributed by atoms with Gasteiger partial charge in [-0.3, -0.25) is 4.79 Å². The molecule has 30 heavy (non-hydrogen) atoms. The summed E-state index contributed by atoms with van der Waals surface area (Å²) in [6, 6.07) is 5.71. The molecule has 1 aliphatic rings. The van der Waals surface area contributed by atoms with Gasteiger partial charge < -0.3 is 19.1 Å². The highest BCUT2D eigenvalue weighted by Gasteiger charge is 2.22. The van der Waals surface area contributed by atoms with Crippen LogP contribution < -0.4 is 9.47 Å². The number of benzene rings is 1. The van der Waals surface area contributed by atoms with Crippen LogP contribution in [0.1, 0.15) is 29.1 Å². The van der Waals surface area contributed by atoms with E-state index in [0.717, 1.165) is 35.7 Å². The Labute approximate surface area is 181 Å². The largest absolute Gasteiger partial charge is 0.493 e. The van der Waals surface area contributed by atoms with Crippen molar-refractivity contribution in [3.63, 3.8) is 0 Å². The van der Waals surface area contributed by atoms with Gasteiger partial charge in [0.2, 0.25) is 5.91 Å². The molecule has 6 nitrogen and oxygen atoms in total. The van der Waals surface area contributed by atoms with Crippen molar-refractivity contribution in [3.8, 4) is 11.5 Å². The van der Waals surface area contributed by atoms with Gasteiger partial charge >= 0.3 is 0 Å². The highest BCUT2D eigenvalue weighted by atomic mass is 32.1. The molecule has 1 fully saturated rings. The van der Waals surface area contributed by atoms with Crippen LogP contribution in [0.25, 0.3) is 6.08 Å². The van der Waals surface area contributed by atoms with Crippen LogP contribution in [-0.2, 0) is 16.1 Å². The highest BCUT2D eigenvalue weighted by molar-refractivity contribution is 7.09. The first-order valence-corrected chi connectivity index (χ1v) is 10.9. The number of carbonyl (C=O) groups is 1. The molecular formula is C23H28N2O4S. The number of rotatable bonds is 10. The Kier molecular flexibility index (Phi) is 8.04. The van der Waals surface area contributed by atoms with Crippen LogP contribution in [-0.4, -0.2) is 48.8 Å². The molecule has 2 aromatic rings. The molecule has 1 atom stereocenters. The fourth-order valence-electron chi connectivity index (χ4n) is 3.28. The van der Waals surface area contributed by atoms with Gasteiger partial charge in [-0.15, -0.1) is 11.3 Å². The Balaban J connectivity index is 1.75. The predicted octanol–water partition coefficient (Wildman–Crippen LogP) is 4.25. The summed E-state index contributed by atoms with van der Waals surface area (Å²) in [5.41, 5.74) is 1.76. The van der Waals surface area contributed by atoms with E-state index < -0.39 is 0 Å². The van der Waals surface area contributed by atoms with Crippen molar-refractivity contribution in [2.45, 2.75) is 32.4 Å². The zero-order chi connectivity index (χ0) is 21.3. The van der Waals surface area contributed by atoms with Crippen LogP contribution in [0.2, 0.25) is 0 Å². The molecule has 1 aromatic heterocycles. The molecule has 2 heterocycles. The molecule has 1 aromatic carbocycles. The lowest BCUT2D eigenvalue weighted by Gasteiger charge is -2.25. The Bertz CT molecular complexity index is 887. The molecule has 160 valence electrons. The quantitative estimate of drug-likeness (QED) is 0.418. The first kappa shape index (κ1) is 22.1. The number of ether oxygens (including phenoxy) is 3. The first-order chi connectivity index (χ1) is 14.6. The number of nitrogens with zero attached hydrogens (tertiary/aromatic N) is 2. The van der Waals surface area contributed by atoms with Crippen LogP contribution in [0.3, 0.4) is 0 Å². The van der Waals surface area contributed by atoms with Crippen molar-refractivity contribution in [2.75, 3.05) is 26.9 Å². The second-order valence-corrected chi connectivity index (χ2v) is 8.13. The van der Waals surface area contributed by atoms with E-state index in [1.165, 1.54) is 0 Å². The Morgan fingerprint density at radius 2 is 2.30 bits per heavy atom. The maximum atomic E-state index is 13.0. The fraction of sp³-hybridized carbons (Fsp3) is 0.391. The third-order valence-electron chi connectivity index (χ3n) is 4.75. The molecule has 3 rings (SSSR count). The molecule has 1 aliphatic heterocycles. The molecular weight excluding hydrogens is 400 g/mol. The molecule has 1 amide bonds. The normalized spacial score (nSPS) is 16.0. The highest BCUT2D eigenvalue weighted by Crippen LogP contribution is 2.29. The third-order valence-corrected chi connectivity index (χ3v) is 5.54. The molecule has 0 radical (unpaired) electrons. The van der Waals surface area contributed by atoms with Crippen molar-refractivity contribution >= 4 is 23.3 Å². The summed E-state index contributed by atoms with van der Waals surface area (Å²) in [4.78, 5) is 19.2. The Morgan fingerprint density at radius 1 is 1.43 bits per heavy atom.